The number of piperidine rings is 1. The number of hydrogen-bond acceptors (Lipinski definition) is 3. The highest BCUT2D eigenvalue weighted by Gasteiger charge is 2.12. The maximum atomic E-state index is 12.0. The zero-order chi connectivity index (χ0) is 13.7. The molecular weight excluding hydrogens is 377 g/mol. The van der Waals surface area contributed by atoms with Crippen LogP contribution >= 0.6 is 40.7 Å². The van der Waals surface area contributed by atoms with E-state index in [1.165, 1.54) is 19.3 Å². The topological polar surface area (TPSA) is 58.4 Å². The molecule has 0 bridgehead atoms. The van der Waals surface area contributed by atoms with Gasteiger partial charge < -0.3 is 16.0 Å². The van der Waals surface area contributed by atoms with Gasteiger partial charge in [0.2, 0.25) is 0 Å². The van der Waals surface area contributed by atoms with Gasteiger partial charge in [-0.3, -0.25) is 4.79 Å². The molecule has 120 valence electrons. The summed E-state index contributed by atoms with van der Waals surface area (Å²) in [6.07, 6.45) is 3.87. The summed E-state index contributed by atoms with van der Waals surface area (Å²) in [5.41, 5.74) is 6.88. The number of carbonyl (C=O) groups is 1. The number of rotatable bonds is 4. The molecule has 21 heavy (non-hydrogen) atoms. The van der Waals surface area contributed by atoms with Gasteiger partial charge in [-0.05, 0) is 44.1 Å². The van der Waals surface area contributed by atoms with Gasteiger partial charge in [-0.2, -0.15) is 0 Å². The Morgan fingerprint density at radius 3 is 2.52 bits per heavy atom. The lowest BCUT2D eigenvalue weighted by Crippen LogP contribution is -2.37. The van der Waals surface area contributed by atoms with Crippen LogP contribution in [-0.4, -0.2) is 37.0 Å². The largest absolute Gasteiger partial charge is 0.398 e. The van der Waals surface area contributed by atoms with Crippen LogP contribution in [0.15, 0.2) is 22.7 Å². The zero-order valence-electron chi connectivity index (χ0n) is 11.8. The van der Waals surface area contributed by atoms with E-state index in [0.29, 0.717) is 17.8 Å². The Bertz CT molecular complexity index is 454. The van der Waals surface area contributed by atoms with Crippen LogP contribution in [0.25, 0.3) is 0 Å². The minimum absolute atomic E-state index is 0. The van der Waals surface area contributed by atoms with Crippen LogP contribution in [0.2, 0.25) is 0 Å². The maximum absolute atomic E-state index is 12.0. The fourth-order valence-corrected chi connectivity index (χ4v) is 2.72. The SMILES string of the molecule is Cl.Cl.Nc1cc(Br)ccc1C(=O)NCCN1CCCCC1. The molecule has 7 heteroatoms. The lowest BCUT2D eigenvalue weighted by Gasteiger charge is -2.26. The van der Waals surface area contributed by atoms with Crippen molar-refractivity contribution >= 4 is 52.3 Å². The highest BCUT2D eigenvalue weighted by Crippen LogP contribution is 2.18. The third-order valence-electron chi connectivity index (χ3n) is 3.42. The molecule has 0 atom stereocenters. The Labute approximate surface area is 146 Å². The Morgan fingerprint density at radius 2 is 1.90 bits per heavy atom. The summed E-state index contributed by atoms with van der Waals surface area (Å²) in [7, 11) is 0. The molecule has 0 aromatic heterocycles. The molecule has 1 aliphatic rings. The smallest absolute Gasteiger partial charge is 0.253 e. The first-order valence-corrected chi connectivity index (χ1v) is 7.52. The van der Waals surface area contributed by atoms with Crippen LogP contribution in [0.3, 0.4) is 0 Å². The number of benzene rings is 1. The molecule has 1 heterocycles. The van der Waals surface area contributed by atoms with Crippen molar-refractivity contribution in [3.05, 3.63) is 28.2 Å². The second-order valence-corrected chi connectivity index (χ2v) is 5.81. The number of halogens is 3. The second-order valence-electron chi connectivity index (χ2n) is 4.89. The number of likely N-dealkylation sites (tertiary alicyclic amines) is 1. The summed E-state index contributed by atoms with van der Waals surface area (Å²) in [6, 6.07) is 5.32. The van der Waals surface area contributed by atoms with Gasteiger partial charge >= 0.3 is 0 Å². The van der Waals surface area contributed by atoms with Gasteiger partial charge in [-0.1, -0.05) is 22.4 Å². The van der Waals surface area contributed by atoms with Gasteiger partial charge in [-0.15, -0.1) is 24.8 Å². The van der Waals surface area contributed by atoms with Crippen molar-refractivity contribution in [2.24, 2.45) is 0 Å². The van der Waals surface area contributed by atoms with E-state index >= 15 is 0 Å². The molecule has 2 rings (SSSR count). The van der Waals surface area contributed by atoms with Crippen molar-refractivity contribution in [1.29, 1.82) is 0 Å². The Hall–Kier alpha value is -0.490. The number of hydrogen-bond donors (Lipinski definition) is 2. The Balaban J connectivity index is 0.00000200. The predicted octanol–water partition coefficient (Wildman–Crippen LogP) is 3.09. The number of nitrogens with two attached hydrogens (primary N) is 1. The monoisotopic (exact) mass is 397 g/mol. The minimum atomic E-state index is -0.0954. The van der Waals surface area contributed by atoms with Gasteiger partial charge in [-0.25, -0.2) is 0 Å². The highest BCUT2D eigenvalue weighted by molar-refractivity contribution is 9.10. The number of amides is 1. The van der Waals surface area contributed by atoms with Gasteiger partial charge in [0, 0.05) is 23.2 Å². The number of anilines is 1. The molecule has 1 aliphatic heterocycles. The van der Waals surface area contributed by atoms with E-state index in [2.05, 4.69) is 26.1 Å². The first kappa shape index (κ1) is 20.5. The van der Waals surface area contributed by atoms with Crippen LogP contribution in [0.1, 0.15) is 29.6 Å². The summed E-state index contributed by atoms with van der Waals surface area (Å²) in [5.74, 6) is -0.0954. The molecule has 1 amide bonds. The molecule has 1 aromatic rings. The van der Waals surface area contributed by atoms with E-state index in [9.17, 15) is 4.79 Å². The molecule has 0 aliphatic carbocycles. The standard InChI is InChI=1S/C14H20BrN3O.2ClH/c15-11-4-5-12(13(16)10-11)14(19)17-6-9-18-7-2-1-3-8-18;;/h4-5,10H,1-3,6-9,16H2,(H,17,19);2*1H. The van der Waals surface area contributed by atoms with E-state index in [0.717, 1.165) is 24.1 Å². The van der Waals surface area contributed by atoms with Crippen molar-refractivity contribution in [3.63, 3.8) is 0 Å². The predicted molar refractivity (Wildman–Crippen MR) is 95.7 cm³/mol. The molecular formula is C14H22BrCl2N3O. The fourth-order valence-electron chi connectivity index (χ4n) is 2.35. The normalized spacial score (nSPS) is 14.7. The summed E-state index contributed by atoms with van der Waals surface area (Å²) in [6.45, 7) is 3.89. The lowest BCUT2D eigenvalue weighted by atomic mass is 10.1. The van der Waals surface area contributed by atoms with E-state index in [-0.39, 0.29) is 30.7 Å². The molecule has 1 aromatic carbocycles. The Kier molecular flexibility index (Phi) is 10.0. The molecule has 1 fully saturated rings. The van der Waals surface area contributed by atoms with Crippen molar-refractivity contribution in [2.45, 2.75) is 19.3 Å². The molecule has 0 radical (unpaired) electrons. The average Bonchev–Trinajstić information content (AvgIpc) is 2.39. The van der Waals surface area contributed by atoms with Crippen LogP contribution in [-0.2, 0) is 0 Å². The van der Waals surface area contributed by atoms with E-state index < -0.39 is 0 Å². The first-order chi connectivity index (χ1) is 9.16. The third kappa shape index (κ3) is 6.43. The number of nitrogens with one attached hydrogen (secondary N) is 1. The summed E-state index contributed by atoms with van der Waals surface area (Å²) in [4.78, 5) is 14.4. The van der Waals surface area contributed by atoms with Crippen LogP contribution in [0.4, 0.5) is 5.69 Å². The van der Waals surface area contributed by atoms with Gasteiger partial charge in [0.05, 0.1) is 5.56 Å². The first-order valence-electron chi connectivity index (χ1n) is 6.72. The third-order valence-corrected chi connectivity index (χ3v) is 3.91. The lowest BCUT2D eigenvalue weighted by molar-refractivity contribution is 0.0947. The van der Waals surface area contributed by atoms with E-state index in [1.807, 2.05) is 6.07 Å². The van der Waals surface area contributed by atoms with Gasteiger partial charge in [0.15, 0.2) is 0 Å². The minimum Gasteiger partial charge on any atom is -0.398 e. The van der Waals surface area contributed by atoms with Crippen molar-refractivity contribution in [2.75, 3.05) is 31.9 Å². The zero-order valence-corrected chi connectivity index (χ0v) is 15.0. The molecule has 4 nitrogen and oxygen atoms in total. The molecule has 0 spiro atoms. The van der Waals surface area contributed by atoms with Gasteiger partial charge in [0.1, 0.15) is 0 Å². The highest BCUT2D eigenvalue weighted by atomic mass is 79.9. The van der Waals surface area contributed by atoms with Crippen molar-refractivity contribution in [1.82, 2.24) is 10.2 Å². The molecule has 0 saturated carbocycles. The van der Waals surface area contributed by atoms with E-state index in [1.54, 1.807) is 12.1 Å². The quantitative estimate of drug-likeness (QED) is 0.766. The van der Waals surface area contributed by atoms with Crippen LogP contribution in [0, 0.1) is 0 Å². The fraction of sp³-hybridized carbons (Fsp3) is 0.500. The van der Waals surface area contributed by atoms with E-state index in [4.69, 9.17) is 5.73 Å². The second kappa shape index (κ2) is 10.3. The number of carbonyl (C=O) groups excluding carboxylic acids is 1. The summed E-state index contributed by atoms with van der Waals surface area (Å²) in [5, 5.41) is 2.93. The summed E-state index contributed by atoms with van der Waals surface area (Å²) >= 11 is 3.33. The number of nitrogen functional groups attached to an aromatic ring is 1. The van der Waals surface area contributed by atoms with Gasteiger partial charge in [0.25, 0.3) is 5.91 Å². The molecule has 1 saturated heterocycles. The number of nitrogens with zero attached hydrogens (tertiary/aromatic N) is 1. The Morgan fingerprint density at radius 1 is 1.24 bits per heavy atom. The molecule has 0 unspecified atom stereocenters. The summed E-state index contributed by atoms with van der Waals surface area (Å²) < 4.78 is 0.884. The van der Waals surface area contributed by atoms with Crippen LogP contribution in [0.5, 0.6) is 0 Å². The maximum Gasteiger partial charge on any atom is 0.253 e. The van der Waals surface area contributed by atoms with Crippen molar-refractivity contribution < 1.29 is 4.79 Å². The molecule has 3 N–H and O–H groups in total. The van der Waals surface area contributed by atoms with Crippen molar-refractivity contribution in [3.8, 4) is 0 Å². The average molecular weight is 399 g/mol. The van der Waals surface area contributed by atoms with Crippen LogP contribution < -0.4 is 11.1 Å².